The zero-order valence-corrected chi connectivity index (χ0v) is 21.4. The van der Waals surface area contributed by atoms with Crippen LogP contribution in [0.25, 0.3) is 11.3 Å². The van der Waals surface area contributed by atoms with Gasteiger partial charge in [0.25, 0.3) is 5.91 Å². The summed E-state index contributed by atoms with van der Waals surface area (Å²) in [6.45, 7) is 8.93. The number of rotatable bonds is 7. The first-order valence-corrected chi connectivity index (χ1v) is 12.8. The molecule has 0 aliphatic carbocycles. The lowest BCUT2D eigenvalue weighted by Gasteiger charge is -2.31. The molecule has 7 nitrogen and oxygen atoms in total. The quantitative estimate of drug-likeness (QED) is 0.495. The number of anilines is 1. The second-order valence-electron chi connectivity index (χ2n) is 9.42. The van der Waals surface area contributed by atoms with Gasteiger partial charge < -0.3 is 14.7 Å². The van der Waals surface area contributed by atoms with Crippen LogP contribution in [0.4, 0.5) is 5.82 Å². The van der Waals surface area contributed by atoms with Gasteiger partial charge in [-0.1, -0.05) is 55.0 Å². The van der Waals surface area contributed by atoms with Gasteiger partial charge in [-0.2, -0.15) is 0 Å². The zero-order chi connectivity index (χ0) is 25.5. The molecule has 1 aliphatic rings. The Morgan fingerprint density at radius 1 is 0.917 bits per heavy atom. The molecule has 1 fully saturated rings. The molecule has 188 valence electrons. The van der Waals surface area contributed by atoms with Crippen molar-refractivity contribution in [2.75, 3.05) is 37.6 Å². The summed E-state index contributed by atoms with van der Waals surface area (Å²) in [6.07, 6.45) is 1.62. The zero-order valence-electron chi connectivity index (χ0n) is 21.4. The van der Waals surface area contributed by atoms with Gasteiger partial charge in [-0.15, -0.1) is 10.2 Å². The van der Waals surface area contributed by atoms with Crippen LogP contribution in [0.5, 0.6) is 0 Å². The van der Waals surface area contributed by atoms with Crippen molar-refractivity contribution < 1.29 is 9.59 Å². The van der Waals surface area contributed by atoms with Gasteiger partial charge in [-0.05, 0) is 51.0 Å². The van der Waals surface area contributed by atoms with E-state index in [0.717, 1.165) is 36.5 Å². The van der Waals surface area contributed by atoms with E-state index < -0.39 is 0 Å². The number of carbonyl (C=O) groups excluding carboxylic acids is 2. The molecule has 1 atom stereocenters. The summed E-state index contributed by atoms with van der Waals surface area (Å²) in [5.74, 6) is 0.710. The van der Waals surface area contributed by atoms with Crippen LogP contribution >= 0.6 is 0 Å². The molecule has 1 saturated heterocycles. The Bertz CT molecular complexity index is 1150. The molecule has 3 aromatic rings. The maximum absolute atomic E-state index is 13.3. The van der Waals surface area contributed by atoms with Crippen LogP contribution in [-0.4, -0.2) is 70.6 Å². The van der Waals surface area contributed by atoms with Gasteiger partial charge >= 0.3 is 0 Å². The Morgan fingerprint density at radius 2 is 1.67 bits per heavy atom. The molecule has 36 heavy (non-hydrogen) atoms. The van der Waals surface area contributed by atoms with Crippen LogP contribution in [0, 0.1) is 6.92 Å². The molecule has 4 rings (SSSR count). The first-order valence-electron chi connectivity index (χ1n) is 12.8. The lowest BCUT2D eigenvalue weighted by Crippen LogP contribution is -2.47. The molecule has 2 heterocycles. The number of hydrogen-bond donors (Lipinski definition) is 0. The Morgan fingerprint density at radius 3 is 2.33 bits per heavy atom. The maximum Gasteiger partial charge on any atom is 0.254 e. The highest BCUT2D eigenvalue weighted by molar-refractivity contribution is 5.96. The molecule has 2 aromatic carbocycles. The molecule has 0 saturated carbocycles. The average Bonchev–Trinajstić information content (AvgIpc) is 3.18. The van der Waals surface area contributed by atoms with Crippen LogP contribution in [0.3, 0.4) is 0 Å². The van der Waals surface area contributed by atoms with Crippen LogP contribution < -0.4 is 4.90 Å². The van der Waals surface area contributed by atoms with Crippen molar-refractivity contribution in [3.8, 4) is 11.3 Å². The molecular weight excluding hydrogens is 450 g/mol. The van der Waals surface area contributed by atoms with E-state index in [-0.39, 0.29) is 24.4 Å². The summed E-state index contributed by atoms with van der Waals surface area (Å²) in [4.78, 5) is 32.2. The fourth-order valence-electron chi connectivity index (χ4n) is 4.41. The van der Waals surface area contributed by atoms with Crippen molar-refractivity contribution in [1.82, 2.24) is 20.0 Å². The first kappa shape index (κ1) is 25.4. The van der Waals surface area contributed by atoms with Crippen molar-refractivity contribution >= 4 is 17.6 Å². The second-order valence-corrected chi connectivity index (χ2v) is 9.42. The minimum atomic E-state index is -0.0984. The Balaban J connectivity index is 1.38. The molecule has 1 aliphatic heterocycles. The van der Waals surface area contributed by atoms with Crippen molar-refractivity contribution in [1.29, 1.82) is 0 Å². The van der Waals surface area contributed by atoms with E-state index in [1.807, 2.05) is 49.1 Å². The maximum atomic E-state index is 13.3. The predicted molar refractivity (Wildman–Crippen MR) is 143 cm³/mol. The van der Waals surface area contributed by atoms with Gasteiger partial charge in [-0.25, -0.2) is 0 Å². The van der Waals surface area contributed by atoms with E-state index in [9.17, 15) is 9.59 Å². The van der Waals surface area contributed by atoms with Gasteiger partial charge in [0.2, 0.25) is 5.91 Å². The number of hydrogen-bond acceptors (Lipinski definition) is 5. The van der Waals surface area contributed by atoms with E-state index >= 15 is 0 Å². The minimum Gasteiger partial charge on any atom is -0.353 e. The van der Waals surface area contributed by atoms with E-state index in [1.54, 1.807) is 17.0 Å². The van der Waals surface area contributed by atoms with E-state index in [4.69, 9.17) is 0 Å². The molecule has 0 radical (unpaired) electrons. The minimum absolute atomic E-state index is 0.0118. The number of amides is 2. The predicted octanol–water partition coefficient (Wildman–Crippen LogP) is 4.43. The smallest absolute Gasteiger partial charge is 0.254 e. The van der Waals surface area contributed by atoms with Crippen LogP contribution in [0.15, 0.2) is 66.7 Å². The van der Waals surface area contributed by atoms with Crippen molar-refractivity contribution in [2.45, 2.75) is 39.7 Å². The molecule has 0 bridgehead atoms. The van der Waals surface area contributed by atoms with Crippen molar-refractivity contribution in [3.05, 3.63) is 77.9 Å². The summed E-state index contributed by atoms with van der Waals surface area (Å²) >= 11 is 0. The van der Waals surface area contributed by atoms with Crippen molar-refractivity contribution in [3.63, 3.8) is 0 Å². The van der Waals surface area contributed by atoms with Crippen LogP contribution in [-0.2, 0) is 4.79 Å². The van der Waals surface area contributed by atoms with Gasteiger partial charge in [-0.3, -0.25) is 9.59 Å². The molecule has 0 spiro atoms. The van der Waals surface area contributed by atoms with Gasteiger partial charge in [0.05, 0.1) is 5.69 Å². The second kappa shape index (κ2) is 11.8. The Kier molecular flexibility index (Phi) is 8.31. The Hall–Kier alpha value is -3.74. The SMILES string of the molecule is CCC(C)N(CC(=O)N1CCCN(c2ccc(-c3ccc(C)cc3)nn2)CC1)C(=O)c1ccccc1. The standard InChI is InChI=1S/C29H35N5O2/c1-4-23(3)34(29(36)25-9-6-5-7-10-25)21-28(35)33-18-8-17-32(19-20-33)27-16-15-26(30-31-27)24-13-11-22(2)12-14-24/h5-7,9-16,23H,4,8,17-21H2,1-3H3. The molecule has 1 aromatic heterocycles. The largest absolute Gasteiger partial charge is 0.353 e. The number of nitrogens with zero attached hydrogens (tertiary/aromatic N) is 5. The lowest BCUT2D eigenvalue weighted by molar-refractivity contribution is -0.132. The van der Waals surface area contributed by atoms with E-state index in [0.29, 0.717) is 25.2 Å². The Labute approximate surface area is 213 Å². The number of carbonyl (C=O) groups is 2. The monoisotopic (exact) mass is 485 g/mol. The molecule has 7 heteroatoms. The average molecular weight is 486 g/mol. The van der Waals surface area contributed by atoms with Gasteiger partial charge in [0, 0.05) is 43.3 Å². The molecule has 1 unspecified atom stereocenters. The van der Waals surface area contributed by atoms with E-state index in [1.165, 1.54) is 5.56 Å². The highest BCUT2D eigenvalue weighted by Crippen LogP contribution is 2.20. The topological polar surface area (TPSA) is 69.6 Å². The third-order valence-corrected chi connectivity index (χ3v) is 6.88. The first-order chi connectivity index (χ1) is 17.5. The molecular formula is C29H35N5O2. The molecule has 0 N–H and O–H groups in total. The third kappa shape index (κ3) is 6.08. The summed E-state index contributed by atoms with van der Waals surface area (Å²) in [6, 6.07) is 21.4. The summed E-state index contributed by atoms with van der Waals surface area (Å²) < 4.78 is 0. The third-order valence-electron chi connectivity index (χ3n) is 6.88. The van der Waals surface area contributed by atoms with Crippen LogP contribution in [0.2, 0.25) is 0 Å². The fraction of sp³-hybridized carbons (Fsp3) is 0.379. The fourth-order valence-corrected chi connectivity index (χ4v) is 4.41. The normalized spacial score (nSPS) is 14.8. The number of benzene rings is 2. The van der Waals surface area contributed by atoms with Gasteiger partial charge in [0.15, 0.2) is 5.82 Å². The highest BCUT2D eigenvalue weighted by atomic mass is 16.2. The number of aromatic nitrogens is 2. The highest BCUT2D eigenvalue weighted by Gasteiger charge is 2.27. The van der Waals surface area contributed by atoms with Gasteiger partial charge in [0.1, 0.15) is 6.54 Å². The number of aryl methyl sites for hydroxylation is 1. The summed E-state index contributed by atoms with van der Waals surface area (Å²) in [7, 11) is 0. The van der Waals surface area contributed by atoms with E-state index in [2.05, 4.69) is 46.3 Å². The van der Waals surface area contributed by atoms with Crippen LogP contribution in [0.1, 0.15) is 42.6 Å². The lowest BCUT2D eigenvalue weighted by atomic mass is 10.1. The summed E-state index contributed by atoms with van der Waals surface area (Å²) in [5.41, 5.74) is 3.71. The summed E-state index contributed by atoms with van der Waals surface area (Å²) in [5, 5.41) is 8.91. The van der Waals surface area contributed by atoms with Crippen molar-refractivity contribution in [2.24, 2.45) is 0 Å². The molecule has 2 amide bonds.